The summed E-state index contributed by atoms with van der Waals surface area (Å²) < 4.78 is 5.11. The summed E-state index contributed by atoms with van der Waals surface area (Å²) in [5.74, 6) is 1.23. The molecule has 1 heterocycles. The standard InChI is InChI=1S/C11H21N5OS/c1-7(2)8(5-6-17-3)13-10-14-9(12)15-11(16-10)18-4/h7-8H,5-6H2,1-4H3,(H3,12,13,14,15,16). The third-order valence-electron chi connectivity index (χ3n) is 2.57. The first-order valence-electron chi connectivity index (χ1n) is 5.87. The van der Waals surface area contributed by atoms with Crippen molar-refractivity contribution in [2.24, 2.45) is 5.92 Å². The largest absolute Gasteiger partial charge is 0.385 e. The van der Waals surface area contributed by atoms with E-state index in [0.29, 0.717) is 23.6 Å². The molecule has 1 aromatic rings. The molecule has 7 heteroatoms. The summed E-state index contributed by atoms with van der Waals surface area (Å²) in [5.41, 5.74) is 5.65. The van der Waals surface area contributed by atoms with Crippen LogP contribution in [-0.2, 0) is 4.74 Å². The van der Waals surface area contributed by atoms with Crippen LogP contribution in [0.15, 0.2) is 5.16 Å². The Morgan fingerprint density at radius 1 is 1.33 bits per heavy atom. The molecule has 1 rings (SSSR count). The van der Waals surface area contributed by atoms with Crippen molar-refractivity contribution < 1.29 is 4.74 Å². The highest BCUT2D eigenvalue weighted by atomic mass is 32.2. The number of thioether (sulfide) groups is 1. The molecule has 0 saturated carbocycles. The predicted octanol–water partition coefficient (Wildman–Crippen LogP) is 1.65. The lowest BCUT2D eigenvalue weighted by molar-refractivity contribution is 0.184. The van der Waals surface area contributed by atoms with Gasteiger partial charge in [0.1, 0.15) is 0 Å². The van der Waals surface area contributed by atoms with Gasteiger partial charge in [0.2, 0.25) is 11.9 Å². The molecule has 18 heavy (non-hydrogen) atoms. The number of nitrogens with one attached hydrogen (secondary N) is 1. The van der Waals surface area contributed by atoms with Gasteiger partial charge in [-0.2, -0.15) is 15.0 Å². The van der Waals surface area contributed by atoms with Crippen LogP contribution in [-0.4, -0.2) is 41.0 Å². The highest BCUT2D eigenvalue weighted by molar-refractivity contribution is 7.98. The van der Waals surface area contributed by atoms with Crippen LogP contribution in [0, 0.1) is 5.92 Å². The molecule has 0 aromatic carbocycles. The quantitative estimate of drug-likeness (QED) is 0.729. The Morgan fingerprint density at radius 2 is 2.06 bits per heavy atom. The van der Waals surface area contributed by atoms with Crippen LogP contribution in [0.25, 0.3) is 0 Å². The topological polar surface area (TPSA) is 86.0 Å². The molecule has 0 aliphatic heterocycles. The third-order valence-corrected chi connectivity index (χ3v) is 3.11. The van der Waals surface area contributed by atoms with E-state index in [9.17, 15) is 0 Å². The lowest BCUT2D eigenvalue weighted by Crippen LogP contribution is -2.28. The van der Waals surface area contributed by atoms with Gasteiger partial charge < -0.3 is 15.8 Å². The fraction of sp³-hybridized carbons (Fsp3) is 0.727. The summed E-state index contributed by atoms with van der Waals surface area (Å²) in [6.07, 6.45) is 2.80. The molecule has 0 bridgehead atoms. The molecule has 1 unspecified atom stereocenters. The van der Waals surface area contributed by atoms with Gasteiger partial charge in [0, 0.05) is 19.8 Å². The summed E-state index contributed by atoms with van der Waals surface area (Å²) in [4.78, 5) is 12.4. The molecule has 0 spiro atoms. The number of rotatable bonds is 7. The highest BCUT2D eigenvalue weighted by Crippen LogP contribution is 2.16. The second-order valence-electron chi connectivity index (χ2n) is 4.28. The molecule has 0 aliphatic carbocycles. The van der Waals surface area contributed by atoms with Crippen molar-refractivity contribution in [3.63, 3.8) is 0 Å². The predicted molar refractivity (Wildman–Crippen MR) is 74.8 cm³/mol. The van der Waals surface area contributed by atoms with Gasteiger partial charge in [0.25, 0.3) is 0 Å². The maximum Gasteiger partial charge on any atom is 0.228 e. The molecule has 0 amide bonds. The molecule has 3 N–H and O–H groups in total. The van der Waals surface area contributed by atoms with E-state index in [-0.39, 0.29) is 12.0 Å². The summed E-state index contributed by atoms with van der Waals surface area (Å²) in [7, 11) is 1.70. The van der Waals surface area contributed by atoms with E-state index >= 15 is 0 Å². The summed E-state index contributed by atoms with van der Waals surface area (Å²) in [6.45, 7) is 4.99. The van der Waals surface area contributed by atoms with E-state index in [1.807, 2.05) is 6.26 Å². The van der Waals surface area contributed by atoms with Crippen molar-refractivity contribution in [1.82, 2.24) is 15.0 Å². The first-order chi connectivity index (χ1) is 8.56. The van der Waals surface area contributed by atoms with Crippen LogP contribution >= 0.6 is 11.8 Å². The lowest BCUT2D eigenvalue weighted by atomic mass is 10.0. The minimum atomic E-state index is 0.242. The molecule has 0 radical (unpaired) electrons. The number of anilines is 2. The minimum Gasteiger partial charge on any atom is -0.385 e. The molecular formula is C11H21N5OS. The Balaban J connectivity index is 2.76. The van der Waals surface area contributed by atoms with Gasteiger partial charge in [-0.25, -0.2) is 0 Å². The van der Waals surface area contributed by atoms with Crippen molar-refractivity contribution in [3.05, 3.63) is 0 Å². The van der Waals surface area contributed by atoms with Gasteiger partial charge in [0.05, 0.1) is 0 Å². The van der Waals surface area contributed by atoms with Gasteiger partial charge >= 0.3 is 0 Å². The second-order valence-corrected chi connectivity index (χ2v) is 5.05. The van der Waals surface area contributed by atoms with Crippen LogP contribution in [0.2, 0.25) is 0 Å². The average molecular weight is 271 g/mol. The fourth-order valence-corrected chi connectivity index (χ4v) is 1.87. The number of nitrogen functional groups attached to an aromatic ring is 1. The summed E-state index contributed by atoms with van der Waals surface area (Å²) in [6, 6.07) is 0.251. The van der Waals surface area contributed by atoms with E-state index in [0.717, 1.165) is 6.42 Å². The molecule has 0 saturated heterocycles. The van der Waals surface area contributed by atoms with Crippen LogP contribution in [0.4, 0.5) is 11.9 Å². The van der Waals surface area contributed by atoms with Crippen molar-refractivity contribution in [1.29, 1.82) is 0 Å². The van der Waals surface area contributed by atoms with Gasteiger partial charge in [-0.05, 0) is 18.6 Å². The van der Waals surface area contributed by atoms with Crippen LogP contribution < -0.4 is 11.1 Å². The van der Waals surface area contributed by atoms with Gasteiger partial charge in [0.15, 0.2) is 5.16 Å². The minimum absolute atomic E-state index is 0.242. The number of hydrogen-bond donors (Lipinski definition) is 2. The Morgan fingerprint density at radius 3 is 2.61 bits per heavy atom. The van der Waals surface area contributed by atoms with Crippen LogP contribution in [0.3, 0.4) is 0 Å². The Hall–Kier alpha value is -1.08. The second kappa shape index (κ2) is 7.38. The maximum absolute atomic E-state index is 5.65. The molecule has 0 fully saturated rings. The van der Waals surface area contributed by atoms with E-state index in [1.165, 1.54) is 11.8 Å². The van der Waals surface area contributed by atoms with E-state index in [2.05, 4.69) is 34.1 Å². The number of nitrogens with zero attached hydrogens (tertiary/aromatic N) is 3. The number of methoxy groups -OCH3 is 1. The van der Waals surface area contributed by atoms with Gasteiger partial charge in [-0.15, -0.1) is 0 Å². The Bertz CT molecular complexity index is 374. The molecular weight excluding hydrogens is 250 g/mol. The zero-order valence-electron chi connectivity index (χ0n) is 11.3. The number of aromatic nitrogens is 3. The number of nitrogens with two attached hydrogens (primary N) is 1. The van der Waals surface area contributed by atoms with Crippen molar-refractivity contribution in [2.45, 2.75) is 31.5 Å². The van der Waals surface area contributed by atoms with Gasteiger partial charge in [-0.1, -0.05) is 25.6 Å². The van der Waals surface area contributed by atoms with Crippen LogP contribution in [0.5, 0.6) is 0 Å². The molecule has 0 aliphatic rings. The smallest absolute Gasteiger partial charge is 0.228 e. The molecule has 1 atom stereocenters. The summed E-state index contributed by atoms with van der Waals surface area (Å²) in [5, 5.41) is 3.92. The number of ether oxygens (including phenoxy) is 1. The van der Waals surface area contributed by atoms with E-state index in [1.54, 1.807) is 7.11 Å². The Labute approximate surface area is 112 Å². The third kappa shape index (κ3) is 4.66. The van der Waals surface area contributed by atoms with E-state index < -0.39 is 0 Å². The average Bonchev–Trinajstić information content (AvgIpc) is 2.33. The molecule has 102 valence electrons. The fourth-order valence-electron chi connectivity index (χ4n) is 1.51. The number of hydrogen-bond acceptors (Lipinski definition) is 7. The Kier molecular flexibility index (Phi) is 6.14. The highest BCUT2D eigenvalue weighted by Gasteiger charge is 2.15. The zero-order valence-corrected chi connectivity index (χ0v) is 12.1. The monoisotopic (exact) mass is 271 g/mol. The van der Waals surface area contributed by atoms with Gasteiger partial charge in [-0.3, -0.25) is 0 Å². The SMILES string of the molecule is COCCC(Nc1nc(N)nc(SC)n1)C(C)C. The lowest BCUT2D eigenvalue weighted by Gasteiger charge is -2.22. The zero-order chi connectivity index (χ0) is 13.5. The molecule has 1 aromatic heterocycles. The van der Waals surface area contributed by atoms with Crippen molar-refractivity contribution >= 4 is 23.7 Å². The first kappa shape index (κ1) is 15.0. The normalized spacial score (nSPS) is 12.7. The first-order valence-corrected chi connectivity index (χ1v) is 7.10. The van der Waals surface area contributed by atoms with Crippen LogP contribution in [0.1, 0.15) is 20.3 Å². The molecule has 6 nitrogen and oxygen atoms in total. The van der Waals surface area contributed by atoms with E-state index in [4.69, 9.17) is 10.5 Å². The summed E-state index contributed by atoms with van der Waals surface area (Å²) >= 11 is 1.44. The maximum atomic E-state index is 5.65. The van der Waals surface area contributed by atoms with Crippen molar-refractivity contribution in [3.8, 4) is 0 Å². The van der Waals surface area contributed by atoms with Crippen molar-refractivity contribution in [2.75, 3.05) is 31.0 Å².